The number of nitrogens with zero attached hydrogens (tertiary/aromatic N) is 13. The van der Waals surface area contributed by atoms with Gasteiger partial charge in [-0.2, -0.15) is 25.5 Å². The van der Waals surface area contributed by atoms with E-state index in [4.69, 9.17) is 63.3 Å². The number of para-hydroxylation sites is 2. The quantitative estimate of drug-likeness (QED) is 0.0329. The van der Waals surface area contributed by atoms with Crippen LogP contribution in [0.5, 0.6) is 11.5 Å². The number of nitrogens with one attached hydrogen (secondary N) is 8. The lowest BCUT2D eigenvalue weighted by atomic mass is 10.0. The smallest absolute Gasteiger partial charge is 0.359 e. The number of hydroxylamine groups is 2. The van der Waals surface area contributed by atoms with Crippen LogP contribution in [0.4, 0.5) is 31.4 Å². The Bertz CT molecular complexity index is 5380. The lowest BCUT2D eigenvalue weighted by Crippen LogP contribution is -2.42. The molecule has 0 aliphatic carbocycles. The number of aromatic amines is 5. The van der Waals surface area contributed by atoms with Crippen LogP contribution in [0.3, 0.4) is 0 Å². The Balaban J connectivity index is 0.000000135. The number of likely N-dealkylation sites (tertiary alicyclic amines) is 1. The first kappa shape index (κ1) is 90.4. The maximum Gasteiger partial charge on any atom is 0.359 e. The van der Waals surface area contributed by atoms with Crippen molar-refractivity contribution in [3.8, 4) is 11.5 Å². The average Bonchev–Trinajstić information content (AvgIpc) is 1.67. The first-order valence-electron chi connectivity index (χ1n) is 41.0. The predicted octanol–water partition coefficient (Wildman–Crippen LogP) is 10.4. The fourth-order valence-corrected chi connectivity index (χ4v) is 15.4. The summed E-state index contributed by atoms with van der Waals surface area (Å²) in [6, 6.07) is 38.7. The molecule has 0 radical (unpaired) electrons. The number of methoxy groups -OCH3 is 1. The molecule has 37 nitrogen and oxygen atoms in total. The maximum atomic E-state index is 12.8. The Kier molecular flexibility index (Phi) is 31.1. The van der Waals surface area contributed by atoms with Gasteiger partial charge in [-0.1, -0.05) is 89.4 Å². The first-order valence-corrected chi connectivity index (χ1v) is 42.1. The van der Waals surface area contributed by atoms with Crippen molar-refractivity contribution >= 4 is 111 Å². The summed E-state index contributed by atoms with van der Waals surface area (Å²) in [5.41, 5.74) is 11.8. The molecular weight excluding hydrogens is 1690 g/mol. The van der Waals surface area contributed by atoms with Crippen LogP contribution in [-0.4, -0.2) is 263 Å². The summed E-state index contributed by atoms with van der Waals surface area (Å²) in [4.78, 5) is 141. The number of amides is 11. The molecule has 40 heteroatoms. The van der Waals surface area contributed by atoms with Crippen LogP contribution in [0.15, 0.2) is 133 Å². The van der Waals surface area contributed by atoms with E-state index < -0.39 is 11.9 Å². The van der Waals surface area contributed by atoms with E-state index in [0.717, 1.165) is 81.7 Å². The van der Waals surface area contributed by atoms with Gasteiger partial charge < -0.3 is 73.9 Å². The summed E-state index contributed by atoms with van der Waals surface area (Å²) in [5.74, 6) is -0.440. The zero-order valence-electron chi connectivity index (χ0n) is 69.8. The van der Waals surface area contributed by atoms with Crippen LogP contribution in [-0.2, 0) is 93.5 Å². The Morgan fingerprint density at radius 3 is 1.12 bits per heavy atom. The number of hydrogen-bond donors (Lipinski definition) is 8. The molecule has 0 bridgehead atoms. The minimum absolute atomic E-state index is 0.0358. The van der Waals surface area contributed by atoms with Gasteiger partial charge in [-0.15, -0.1) is 0 Å². The lowest BCUT2D eigenvalue weighted by Gasteiger charge is -2.29. The molecule has 662 valence electrons. The number of halogens is 3. The van der Waals surface area contributed by atoms with Gasteiger partial charge in [0.25, 0.3) is 29.5 Å². The number of piperidine rings is 1. The third kappa shape index (κ3) is 23.2. The Morgan fingerprint density at radius 2 is 0.746 bits per heavy atom. The number of H-pyrrole nitrogens is 5. The molecule has 5 aromatic heterocycles. The Morgan fingerprint density at radius 1 is 0.405 bits per heavy atom. The number of morpholine rings is 1. The van der Waals surface area contributed by atoms with Gasteiger partial charge in [-0.3, -0.25) is 54.3 Å². The van der Waals surface area contributed by atoms with Crippen molar-refractivity contribution in [2.75, 3.05) is 129 Å². The molecule has 10 aromatic rings. The number of carbonyl (C=O) groups excluding carboxylic acids is 10. The predicted molar refractivity (Wildman–Crippen MR) is 462 cm³/mol. The topological polar surface area (TPSA) is 431 Å². The van der Waals surface area contributed by atoms with Gasteiger partial charge in [-0.25, -0.2) is 29.0 Å². The zero-order chi connectivity index (χ0) is 88.8. The summed E-state index contributed by atoms with van der Waals surface area (Å²) in [5, 5.41) is 46.4. The van der Waals surface area contributed by atoms with E-state index in [-0.39, 0.29) is 91.1 Å². The SMILES string of the molecule is CCOC(=O)c1n[nH]c2c1CN(C(=O)COc1ccccc1)CC2.COC(=O)c1n[nH]c2c1CN(C(=O)COc1ccccc1)CC2.CON(C)C(=O)c1n[nH]c2c1CN(C(=O)Nc1cccc(Cl)c1)CC2.O=C(Nc1cccc(Cl)c1)N1CCc2[nH]nc(C(=O)N3CCCCC3)c2C1.O=C(Nc1cccc(Cl)c1)N1CCc2[nH]nc(C(=O)N3CCOCC3)c2C1. The summed E-state index contributed by atoms with van der Waals surface area (Å²) in [6.07, 6.45) is 6.35. The molecule has 0 spiro atoms. The molecular formula is C86H96Cl3N21O16. The second kappa shape index (κ2) is 43.3. The van der Waals surface area contributed by atoms with Crippen LogP contribution in [0.2, 0.25) is 15.1 Å². The molecule has 5 aromatic carbocycles. The lowest BCUT2D eigenvalue weighted by molar-refractivity contribution is -0.135. The van der Waals surface area contributed by atoms with E-state index >= 15 is 0 Å². The van der Waals surface area contributed by atoms with E-state index in [1.807, 2.05) is 41.3 Å². The van der Waals surface area contributed by atoms with Gasteiger partial charge in [0.05, 0.1) is 66.8 Å². The molecule has 0 unspecified atom stereocenters. The van der Waals surface area contributed by atoms with E-state index in [9.17, 15) is 47.9 Å². The Labute approximate surface area is 739 Å². The van der Waals surface area contributed by atoms with Crippen LogP contribution in [0.25, 0.3) is 0 Å². The first-order chi connectivity index (χ1) is 61.1. The van der Waals surface area contributed by atoms with Crippen molar-refractivity contribution in [3.05, 3.63) is 233 Å². The van der Waals surface area contributed by atoms with E-state index in [0.29, 0.717) is 178 Å². The van der Waals surface area contributed by atoms with Crippen molar-refractivity contribution in [3.63, 3.8) is 0 Å². The van der Waals surface area contributed by atoms with Crippen LogP contribution < -0.4 is 25.4 Å². The van der Waals surface area contributed by atoms with Crippen LogP contribution in [0.1, 0.15) is 135 Å². The summed E-state index contributed by atoms with van der Waals surface area (Å²) < 4.78 is 26.0. The molecule has 126 heavy (non-hydrogen) atoms. The number of ether oxygens (including phenoxy) is 5. The summed E-state index contributed by atoms with van der Waals surface area (Å²) in [6.45, 7) is 10.1. The highest BCUT2D eigenvalue weighted by molar-refractivity contribution is 6.31. The second-order valence-corrected chi connectivity index (χ2v) is 31.1. The van der Waals surface area contributed by atoms with Crippen molar-refractivity contribution in [2.45, 2.75) is 91.0 Å². The summed E-state index contributed by atoms with van der Waals surface area (Å²) in [7, 11) is 4.22. The molecule has 8 N–H and O–H groups in total. The molecule has 2 saturated heterocycles. The van der Waals surface area contributed by atoms with E-state index in [1.165, 1.54) is 27.7 Å². The van der Waals surface area contributed by atoms with Gasteiger partial charge >= 0.3 is 30.0 Å². The molecule has 7 aliphatic rings. The van der Waals surface area contributed by atoms with Crippen LogP contribution >= 0.6 is 34.8 Å². The molecule has 17 rings (SSSR count). The number of benzene rings is 5. The van der Waals surface area contributed by atoms with Crippen molar-refractivity contribution in [1.82, 2.24) is 90.3 Å². The van der Waals surface area contributed by atoms with Gasteiger partial charge in [0.15, 0.2) is 41.7 Å². The standard InChI is InChI=1S/C19H22ClN5O2.C18H20ClN5O3.C17H19N3O4.C16H18ClN5O3.C16H17N3O4/c20-13-5-4-6-14(11-13)21-19(27)25-10-7-16-15(12-25)17(23-22-16)18(26)24-8-2-1-3-9-24;19-12-2-1-3-13(10-12)20-18(26)24-5-4-15-14(11-24)16(22-21-15)17(25)23-6-8-27-9-7-23;1-2-23-17(22)16-13-10-20(9-8-14(13)18-19-16)15(21)11-24-12-6-4-3-5-7-12;1-21(25-2)15(23)14-12-9-22(7-6-13(12)19-20-14)16(24)18-11-5-3-4-10(17)8-11;1-22-16(21)15-12-9-19(8-7-13(12)17-18-15)14(20)10-23-11-5-3-2-4-6-11/h4-6,11H,1-3,7-10,12H2,(H,21,27)(H,22,23);1-3,10H,4-9,11H2,(H,20,26)(H,21,22);3-7H,2,8-11H2,1H3,(H,18,19);3-5,8H,6-7,9H2,1-2H3,(H,18,24)(H,19,20);2-6H,7-10H2,1H3,(H,17,18). The van der Waals surface area contributed by atoms with Gasteiger partial charge in [0.2, 0.25) is 0 Å². The number of rotatable bonds is 16. The number of esters is 2. The highest BCUT2D eigenvalue weighted by atomic mass is 35.5. The Hall–Kier alpha value is -13.4. The van der Waals surface area contributed by atoms with Crippen molar-refractivity contribution < 1.29 is 76.5 Å². The normalized spacial score (nSPS) is 14.8. The number of hydrogen-bond acceptors (Lipinski definition) is 21. The fraction of sp³-hybridized carbons (Fsp3) is 0.360. The van der Waals surface area contributed by atoms with E-state index in [2.05, 4.69) is 66.9 Å². The van der Waals surface area contributed by atoms with Crippen molar-refractivity contribution in [2.24, 2.45) is 0 Å². The van der Waals surface area contributed by atoms with Crippen LogP contribution in [0, 0.1) is 0 Å². The van der Waals surface area contributed by atoms with E-state index in [1.54, 1.807) is 133 Å². The molecule has 0 atom stereocenters. The number of aromatic nitrogens is 10. The number of carbonyl (C=O) groups is 10. The highest BCUT2D eigenvalue weighted by Crippen LogP contribution is 2.30. The number of anilines is 3. The van der Waals surface area contributed by atoms with Gasteiger partial charge in [-0.05, 0) is 105 Å². The third-order valence-corrected chi connectivity index (χ3v) is 22.3. The van der Waals surface area contributed by atoms with Gasteiger partial charge in [0.1, 0.15) is 11.5 Å². The second-order valence-electron chi connectivity index (χ2n) is 29.8. The zero-order valence-corrected chi connectivity index (χ0v) is 72.0. The third-order valence-electron chi connectivity index (χ3n) is 21.6. The largest absolute Gasteiger partial charge is 0.484 e. The highest BCUT2D eigenvalue weighted by Gasteiger charge is 2.36. The molecule has 12 heterocycles. The summed E-state index contributed by atoms with van der Waals surface area (Å²) >= 11 is 17.9. The number of urea groups is 3. The number of fused-ring (bicyclic) bond motifs is 5. The molecule has 0 saturated carbocycles. The average molecular weight is 1790 g/mol. The molecule has 11 amide bonds. The molecule has 7 aliphatic heterocycles. The minimum atomic E-state index is -0.502. The fourth-order valence-electron chi connectivity index (χ4n) is 14.8. The van der Waals surface area contributed by atoms with Crippen molar-refractivity contribution in [1.29, 1.82) is 0 Å². The van der Waals surface area contributed by atoms with Gasteiger partial charge in [0, 0.05) is 186 Å². The molecule has 2 fully saturated rings. The minimum Gasteiger partial charge on any atom is -0.484 e. The monoisotopic (exact) mass is 1780 g/mol. The maximum absolute atomic E-state index is 12.8.